The van der Waals surface area contributed by atoms with Gasteiger partial charge in [0.25, 0.3) is 0 Å². The fraction of sp³-hybridized carbons (Fsp3) is 0.417. The second-order valence-electron chi connectivity index (χ2n) is 4.47. The van der Waals surface area contributed by atoms with Crippen molar-refractivity contribution < 1.29 is 8.42 Å². The van der Waals surface area contributed by atoms with Gasteiger partial charge in [-0.3, -0.25) is 5.10 Å². The molecule has 0 atom stereocenters. The predicted octanol–water partition coefficient (Wildman–Crippen LogP) is 1.15. The molecule has 0 aliphatic rings. The summed E-state index contributed by atoms with van der Waals surface area (Å²) in [6.07, 6.45) is 3.30. The molecule has 0 aliphatic carbocycles. The van der Waals surface area contributed by atoms with Crippen molar-refractivity contribution in [2.45, 2.75) is 31.2 Å². The number of hydrogen-bond acceptors (Lipinski definition) is 5. The summed E-state index contributed by atoms with van der Waals surface area (Å²) in [5.41, 5.74) is 7.62. The molecule has 0 spiro atoms. The van der Waals surface area contributed by atoms with E-state index < -0.39 is 10.0 Å². The Morgan fingerprint density at radius 2 is 2.30 bits per heavy atom. The number of nitrogens with zero attached hydrogens (tertiary/aromatic N) is 1. The highest BCUT2D eigenvalue weighted by Gasteiger charge is 2.15. The highest BCUT2D eigenvalue weighted by Crippen LogP contribution is 2.18. The number of aromatic amines is 1. The van der Waals surface area contributed by atoms with Gasteiger partial charge in [-0.05, 0) is 31.4 Å². The highest BCUT2D eigenvalue weighted by atomic mass is 32.2. The van der Waals surface area contributed by atoms with Gasteiger partial charge < -0.3 is 5.73 Å². The zero-order chi connectivity index (χ0) is 14.6. The minimum absolute atomic E-state index is 0.294. The third kappa shape index (κ3) is 3.66. The first-order chi connectivity index (χ1) is 9.53. The van der Waals surface area contributed by atoms with Gasteiger partial charge in [0, 0.05) is 29.0 Å². The van der Waals surface area contributed by atoms with E-state index in [-0.39, 0.29) is 0 Å². The van der Waals surface area contributed by atoms with Crippen molar-refractivity contribution in [2.75, 3.05) is 6.54 Å². The Kier molecular flexibility index (Phi) is 4.92. The first-order valence-corrected chi connectivity index (χ1v) is 8.65. The Hall–Kier alpha value is -1.22. The summed E-state index contributed by atoms with van der Waals surface area (Å²) in [6.45, 7) is 2.72. The largest absolute Gasteiger partial charge is 0.326 e. The van der Waals surface area contributed by atoms with Crippen LogP contribution in [0.1, 0.15) is 22.6 Å². The van der Waals surface area contributed by atoms with E-state index >= 15 is 0 Å². The van der Waals surface area contributed by atoms with Gasteiger partial charge in [-0.1, -0.05) is 0 Å². The van der Waals surface area contributed by atoms with Gasteiger partial charge in [0.1, 0.15) is 0 Å². The predicted molar refractivity (Wildman–Crippen MR) is 79.0 cm³/mol. The van der Waals surface area contributed by atoms with Crippen LogP contribution >= 0.6 is 11.3 Å². The molecule has 4 N–H and O–H groups in total. The number of rotatable bonds is 7. The average molecular weight is 314 g/mol. The van der Waals surface area contributed by atoms with E-state index in [1.807, 2.05) is 6.92 Å². The molecule has 0 unspecified atom stereocenters. The van der Waals surface area contributed by atoms with Crippen LogP contribution in [0.4, 0.5) is 0 Å². The van der Waals surface area contributed by atoms with E-state index in [1.54, 1.807) is 17.6 Å². The maximum absolute atomic E-state index is 12.0. The Bertz CT molecular complexity index is 661. The summed E-state index contributed by atoms with van der Waals surface area (Å²) in [5.74, 6) is 0. The van der Waals surface area contributed by atoms with Gasteiger partial charge in [0.2, 0.25) is 10.0 Å². The summed E-state index contributed by atoms with van der Waals surface area (Å²) >= 11 is 1.36. The number of sulfonamides is 1. The Morgan fingerprint density at radius 3 is 2.90 bits per heavy atom. The van der Waals surface area contributed by atoms with Crippen LogP contribution in [0.3, 0.4) is 0 Å². The molecule has 0 amide bonds. The van der Waals surface area contributed by atoms with Crippen LogP contribution in [-0.2, 0) is 23.0 Å². The molecule has 8 heteroatoms. The van der Waals surface area contributed by atoms with Gasteiger partial charge in [-0.15, -0.1) is 11.3 Å². The minimum Gasteiger partial charge on any atom is -0.326 e. The van der Waals surface area contributed by atoms with Crippen LogP contribution in [-0.4, -0.2) is 25.2 Å². The summed E-state index contributed by atoms with van der Waals surface area (Å²) in [6, 6.07) is 1.62. The van der Waals surface area contributed by atoms with Crippen molar-refractivity contribution >= 4 is 21.4 Å². The summed E-state index contributed by atoms with van der Waals surface area (Å²) in [7, 11) is -3.42. The first kappa shape index (κ1) is 15.2. The average Bonchev–Trinajstić information content (AvgIpc) is 3.04. The number of hydrogen-bond donors (Lipinski definition) is 3. The molecule has 2 rings (SSSR count). The van der Waals surface area contributed by atoms with Crippen molar-refractivity contribution in [1.82, 2.24) is 14.9 Å². The number of nitrogens with two attached hydrogens (primary N) is 1. The maximum Gasteiger partial charge on any atom is 0.241 e. The molecule has 0 saturated heterocycles. The molecule has 110 valence electrons. The molecule has 0 saturated carbocycles. The van der Waals surface area contributed by atoms with Crippen LogP contribution in [0, 0.1) is 6.92 Å². The van der Waals surface area contributed by atoms with Gasteiger partial charge in [0.05, 0.1) is 11.1 Å². The van der Waals surface area contributed by atoms with Crippen LogP contribution in [0.15, 0.2) is 22.5 Å². The smallest absolute Gasteiger partial charge is 0.241 e. The maximum atomic E-state index is 12.0. The van der Waals surface area contributed by atoms with Gasteiger partial charge in [0.15, 0.2) is 0 Å². The Morgan fingerprint density at radius 1 is 1.50 bits per heavy atom. The number of aromatic nitrogens is 2. The molecule has 20 heavy (non-hydrogen) atoms. The van der Waals surface area contributed by atoms with E-state index in [9.17, 15) is 8.42 Å². The van der Waals surface area contributed by atoms with Gasteiger partial charge in [-0.25, -0.2) is 13.1 Å². The molecule has 0 aromatic carbocycles. The first-order valence-electron chi connectivity index (χ1n) is 6.29. The molecule has 0 radical (unpaired) electrons. The van der Waals surface area contributed by atoms with E-state index in [4.69, 9.17) is 5.73 Å². The SMILES string of the molecule is Cc1[nH]ncc1CCCNS(=O)(=O)c1csc(CN)c1. The van der Waals surface area contributed by atoms with E-state index in [1.165, 1.54) is 11.3 Å². The lowest BCUT2D eigenvalue weighted by atomic mass is 10.1. The molecule has 6 nitrogen and oxygen atoms in total. The zero-order valence-corrected chi connectivity index (χ0v) is 12.9. The summed E-state index contributed by atoms with van der Waals surface area (Å²) < 4.78 is 26.7. The lowest BCUT2D eigenvalue weighted by Gasteiger charge is -2.04. The molecular weight excluding hydrogens is 296 g/mol. The second kappa shape index (κ2) is 6.49. The Labute approximate surface area is 122 Å². The third-order valence-electron chi connectivity index (χ3n) is 2.99. The molecule has 2 aromatic heterocycles. The van der Waals surface area contributed by atoms with Crippen molar-refractivity contribution in [3.63, 3.8) is 0 Å². The van der Waals surface area contributed by atoms with Crippen LogP contribution < -0.4 is 10.5 Å². The molecule has 0 aliphatic heterocycles. The van der Waals surface area contributed by atoms with Gasteiger partial charge in [-0.2, -0.15) is 5.10 Å². The number of aryl methyl sites for hydroxylation is 2. The minimum atomic E-state index is -3.42. The van der Waals surface area contributed by atoms with E-state index in [0.29, 0.717) is 18.0 Å². The topological polar surface area (TPSA) is 101 Å². The van der Waals surface area contributed by atoms with Crippen LogP contribution in [0.25, 0.3) is 0 Å². The van der Waals surface area contributed by atoms with Crippen molar-refractivity contribution in [1.29, 1.82) is 0 Å². The van der Waals surface area contributed by atoms with E-state index in [2.05, 4.69) is 14.9 Å². The number of thiophene rings is 1. The standard InChI is InChI=1S/C12H18N4O2S2/c1-9-10(7-14-16-9)3-2-4-15-20(17,18)12-5-11(6-13)19-8-12/h5,7-8,15H,2-4,6,13H2,1H3,(H,14,16). The van der Waals surface area contributed by atoms with Gasteiger partial charge >= 0.3 is 0 Å². The van der Waals surface area contributed by atoms with Crippen molar-refractivity contribution in [2.24, 2.45) is 5.73 Å². The third-order valence-corrected chi connectivity index (χ3v) is 5.54. The highest BCUT2D eigenvalue weighted by molar-refractivity contribution is 7.89. The lowest BCUT2D eigenvalue weighted by Crippen LogP contribution is -2.24. The second-order valence-corrected chi connectivity index (χ2v) is 7.24. The quantitative estimate of drug-likeness (QED) is 0.667. The molecule has 2 aromatic rings. The number of H-pyrrole nitrogens is 1. The molecule has 2 heterocycles. The molecule has 0 fully saturated rings. The van der Waals surface area contributed by atoms with Crippen molar-refractivity contribution in [3.05, 3.63) is 33.8 Å². The monoisotopic (exact) mass is 314 g/mol. The fourth-order valence-corrected chi connectivity index (χ4v) is 4.03. The molecule has 0 bridgehead atoms. The Balaban J connectivity index is 1.85. The lowest BCUT2D eigenvalue weighted by molar-refractivity contribution is 0.579. The summed E-state index contributed by atoms with van der Waals surface area (Å²) in [4.78, 5) is 1.15. The zero-order valence-electron chi connectivity index (χ0n) is 11.2. The van der Waals surface area contributed by atoms with Crippen LogP contribution in [0.2, 0.25) is 0 Å². The fourth-order valence-electron chi connectivity index (χ4n) is 1.80. The van der Waals surface area contributed by atoms with Crippen LogP contribution in [0.5, 0.6) is 0 Å². The summed E-state index contributed by atoms with van der Waals surface area (Å²) in [5, 5.41) is 8.41. The van der Waals surface area contributed by atoms with Crippen molar-refractivity contribution in [3.8, 4) is 0 Å². The number of nitrogens with one attached hydrogen (secondary N) is 2. The van der Waals surface area contributed by atoms with E-state index in [0.717, 1.165) is 29.0 Å². The normalized spacial score (nSPS) is 11.9. The molecular formula is C12H18N4O2S2.